The highest BCUT2D eigenvalue weighted by Crippen LogP contribution is 2.35. The van der Waals surface area contributed by atoms with E-state index in [4.69, 9.17) is 16.3 Å². The van der Waals surface area contributed by atoms with Crippen LogP contribution in [-0.4, -0.2) is 12.9 Å². The lowest BCUT2D eigenvalue weighted by Crippen LogP contribution is -2.06. The minimum atomic E-state index is -0.359. The molecule has 4 heteroatoms. The summed E-state index contributed by atoms with van der Waals surface area (Å²) in [5.41, 5.74) is 1.73. The van der Waals surface area contributed by atoms with Gasteiger partial charge >= 0.3 is 0 Å². The number of hydrogen-bond donors (Lipinski definition) is 0. The Morgan fingerprint density at radius 1 is 1.60 bits per heavy atom. The molecule has 0 amide bonds. The molecule has 0 fully saturated rings. The molecule has 0 aliphatic carbocycles. The number of benzene rings is 1. The molecule has 0 spiro atoms. The predicted molar refractivity (Wildman–Crippen MR) is 64.9 cm³/mol. The molecule has 1 unspecified atom stereocenters. The van der Waals surface area contributed by atoms with E-state index in [9.17, 15) is 4.79 Å². The second-order valence-electron chi connectivity index (χ2n) is 3.14. The number of ether oxygens (including phenoxy) is 1. The van der Waals surface area contributed by atoms with Gasteiger partial charge in [0.25, 0.3) is 0 Å². The van der Waals surface area contributed by atoms with Crippen LogP contribution in [0.1, 0.15) is 22.9 Å². The van der Waals surface area contributed by atoms with Crippen molar-refractivity contribution in [2.75, 3.05) is 7.11 Å². The summed E-state index contributed by atoms with van der Waals surface area (Å²) < 4.78 is 5.22. The Labute approximate surface area is 103 Å². The third-order valence-corrected chi connectivity index (χ3v) is 3.52. The van der Waals surface area contributed by atoms with Gasteiger partial charge in [0.15, 0.2) is 0 Å². The molecule has 0 aliphatic rings. The topological polar surface area (TPSA) is 26.3 Å². The highest BCUT2D eigenvalue weighted by Gasteiger charge is 2.20. The predicted octanol–water partition coefficient (Wildman–Crippen LogP) is 3.46. The molecule has 0 N–H and O–H groups in total. The van der Waals surface area contributed by atoms with Gasteiger partial charge in [-0.05, 0) is 18.6 Å². The number of carbonyl (C=O) groups excluding carboxylic acids is 1. The quantitative estimate of drug-likeness (QED) is 0.794. The Morgan fingerprint density at radius 2 is 2.27 bits per heavy atom. The molecule has 0 radical (unpaired) electrons. The fourth-order valence-corrected chi connectivity index (χ4v) is 2.13. The highest BCUT2D eigenvalue weighted by atomic mass is 79.9. The molecular formula is C11H12BrClO2. The zero-order chi connectivity index (χ0) is 11.4. The molecular weight excluding hydrogens is 279 g/mol. The van der Waals surface area contributed by atoms with Crippen molar-refractivity contribution in [3.05, 3.63) is 29.3 Å². The number of halogens is 2. The van der Waals surface area contributed by atoms with Gasteiger partial charge in [-0.2, -0.15) is 0 Å². The molecule has 0 heterocycles. The van der Waals surface area contributed by atoms with Crippen molar-refractivity contribution in [1.82, 2.24) is 0 Å². The lowest BCUT2D eigenvalue weighted by atomic mass is 10.0. The van der Waals surface area contributed by atoms with E-state index in [1.165, 1.54) is 6.92 Å². The summed E-state index contributed by atoms with van der Waals surface area (Å²) >= 11 is 9.17. The van der Waals surface area contributed by atoms with Gasteiger partial charge in [-0.1, -0.05) is 28.1 Å². The number of alkyl halides is 2. The van der Waals surface area contributed by atoms with Crippen LogP contribution in [0.2, 0.25) is 0 Å². The van der Waals surface area contributed by atoms with Gasteiger partial charge < -0.3 is 4.74 Å². The maximum Gasteiger partial charge on any atom is 0.147 e. The van der Waals surface area contributed by atoms with E-state index >= 15 is 0 Å². The zero-order valence-electron chi connectivity index (χ0n) is 8.59. The van der Waals surface area contributed by atoms with Crippen molar-refractivity contribution in [1.29, 1.82) is 0 Å². The fourth-order valence-electron chi connectivity index (χ4n) is 1.37. The minimum Gasteiger partial charge on any atom is -0.496 e. The van der Waals surface area contributed by atoms with E-state index in [0.717, 1.165) is 11.1 Å². The molecule has 0 bridgehead atoms. The minimum absolute atomic E-state index is 0.0332. The molecule has 0 saturated heterocycles. The first kappa shape index (κ1) is 12.5. The number of rotatable bonds is 4. The lowest BCUT2D eigenvalue weighted by molar-refractivity contribution is -0.116. The number of hydrogen-bond acceptors (Lipinski definition) is 2. The first-order chi connectivity index (χ1) is 7.11. The van der Waals surface area contributed by atoms with Crippen LogP contribution in [0.25, 0.3) is 0 Å². The molecule has 82 valence electrons. The van der Waals surface area contributed by atoms with Crippen LogP contribution >= 0.6 is 27.5 Å². The van der Waals surface area contributed by atoms with E-state index in [-0.39, 0.29) is 10.6 Å². The molecule has 1 aromatic carbocycles. The highest BCUT2D eigenvalue weighted by molar-refractivity contribution is 9.09. The summed E-state index contributed by atoms with van der Waals surface area (Å²) in [4.78, 5) is 11.0. The molecule has 0 aliphatic heterocycles. The monoisotopic (exact) mass is 290 g/mol. The normalized spacial score (nSPS) is 12.3. The van der Waals surface area contributed by atoms with Crippen LogP contribution in [0.15, 0.2) is 18.2 Å². The summed E-state index contributed by atoms with van der Waals surface area (Å²) in [6.45, 7) is 1.53. The van der Waals surface area contributed by atoms with Crippen LogP contribution in [0.4, 0.5) is 0 Å². The smallest absolute Gasteiger partial charge is 0.147 e. The molecule has 1 aromatic rings. The van der Waals surface area contributed by atoms with Gasteiger partial charge in [0.2, 0.25) is 0 Å². The standard InChI is InChI=1S/C11H12BrClO2/c1-7(14)11(12)10-8(6-13)4-3-5-9(10)15-2/h3-5,11H,6H2,1-2H3. The summed E-state index contributed by atoms with van der Waals surface area (Å²) in [5.74, 6) is 1.08. The molecule has 1 atom stereocenters. The first-order valence-electron chi connectivity index (χ1n) is 4.48. The molecule has 0 aromatic heterocycles. The number of Topliss-reactive ketones (excluding diaryl/α,β-unsaturated/α-hetero) is 1. The lowest BCUT2D eigenvalue weighted by Gasteiger charge is -2.15. The second-order valence-corrected chi connectivity index (χ2v) is 4.32. The Hall–Kier alpha value is -0.540. The largest absolute Gasteiger partial charge is 0.496 e. The summed E-state index contributed by atoms with van der Waals surface area (Å²) in [6.07, 6.45) is 0. The van der Waals surface area contributed by atoms with Gasteiger partial charge in [-0.25, -0.2) is 0 Å². The summed E-state index contributed by atoms with van der Waals surface area (Å²) in [6, 6.07) is 5.57. The van der Waals surface area contributed by atoms with Gasteiger partial charge in [0.1, 0.15) is 16.4 Å². The van der Waals surface area contributed by atoms with Gasteiger partial charge in [0, 0.05) is 11.4 Å². The van der Waals surface area contributed by atoms with Crippen molar-refractivity contribution >= 4 is 33.3 Å². The van der Waals surface area contributed by atoms with Crippen LogP contribution in [-0.2, 0) is 10.7 Å². The third kappa shape index (κ3) is 2.73. The number of ketones is 1. The average Bonchev–Trinajstić information content (AvgIpc) is 2.26. The molecule has 0 saturated carbocycles. The van der Waals surface area contributed by atoms with Gasteiger partial charge in [0.05, 0.1) is 7.11 Å². The number of carbonyl (C=O) groups is 1. The third-order valence-electron chi connectivity index (χ3n) is 2.13. The Kier molecular flexibility index (Phi) is 4.61. The van der Waals surface area contributed by atoms with Crippen molar-refractivity contribution < 1.29 is 9.53 Å². The maximum atomic E-state index is 11.3. The Morgan fingerprint density at radius 3 is 2.73 bits per heavy atom. The van der Waals surface area contributed by atoms with Crippen LogP contribution in [0, 0.1) is 0 Å². The van der Waals surface area contributed by atoms with Crippen LogP contribution in [0.5, 0.6) is 5.75 Å². The molecule has 1 rings (SSSR count). The van der Waals surface area contributed by atoms with E-state index in [1.807, 2.05) is 18.2 Å². The summed E-state index contributed by atoms with van der Waals surface area (Å²) in [7, 11) is 1.58. The zero-order valence-corrected chi connectivity index (χ0v) is 10.9. The van der Waals surface area contributed by atoms with E-state index in [2.05, 4.69) is 15.9 Å². The summed E-state index contributed by atoms with van der Waals surface area (Å²) in [5, 5.41) is 0. The van der Waals surface area contributed by atoms with Crippen molar-refractivity contribution in [3.8, 4) is 5.75 Å². The van der Waals surface area contributed by atoms with E-state index in [1.54, 1.807) is 7.11 Å². The van der Waals surface area contributed by atoms with Crippen molar-refractivity contribution in [2.24, 2.45) is 0 Å². The average molecular weight is 292 g/mol. The van der Waals surface area contributed by atoms with Crippen molar-refractivity contribution in [2.45, 2.75) is 17.6 Å². The Balaban J connectivity index is 3.27. The fraction of sp³-hybridized carbons (Fsp3) is 0.364. The van der Waals surface area contributed by atoms with E-state index in [0.29, 0.717) is 11.6 Å². The SMILES string of the molecule is COc1cccc(CCl)c1C(Br)C(C)=O. The van der Waals surface area contributed by atoms with E-state index < -0.39 is 0 Å². The maximum absolute atomic E-state index is 11.3. The van der Waals surface area contributed by atoms with Crippen LogP contribution < -0.4 is 4.74 Å². The first-order valence-corrected chi connectivity index (χ1v) is 5.93. The molecule has 2 nitrogen and oxygen atoms in total. The van der Waals surface area contributed by atoms with Gasteiger partial charge in [-0.15, -0.1) is 11.6 Å². The number of methoxy groups -OCH3 is 1. The second kappa shape index (κ2) is 5.52. The van der Waals surface area contributed by atoms with Gasteiger partial charge in [-0.3, -0.25) is 4.79 Å². The molecule has 15 heavy (non-hydrogen) atoms. The van der Waals surface area contributed by atoms with Crippen LogP contribution in [0.3, 0.4) is 0 Å². The van der Waals surface area contributed by atoms with Crippen molar-refractivity contribution in [3.63, 3.8) is 0 Å². The Bertz CT molecular complexity index is 343.